The number of Topliss-reactive ketones (excluding diaryl/α,β-unsaturated/α-hetero) is 1. The highest BCUT2D eigenvalue weighted by Crippen LogP contribution is 2.34. The van der Waals surface area contributed by atoms with E-state index in [2.05, 4.69) is 5.32 Å². The van der Waals surface area contributed by atoms with Gasteiger partial charge >= 0.3 is 5.97 Å². The van der Waals surface area contributed by atoms with Gasteiger partial charge in [0, 0.05) is 25.2 Å². The SMILES string of the molecule is CC/C=C\C[C@H]1C(=O)CC[C@@H]1CC(=O)N[C@@H](Cc1ccc(OC)c(OC)c1)C(=O)OC. The van der Waals surface area contributed by atoms with Crippen LogP contribution in [0.3, 0.4) is 0 Å². The largest absolute Gasteiger partial charge is 0.493 e. The number of ketones is 1. The van der Waals surface area contributed by atoms with Crippen LogP contribution in [0, 0.1) is 11.8 Å². The highest BCUT2D eigenvalue weighted by molar-refractivity contribution is 5.87. The summed E-state index contributed by atoms with van der Waals surface area (Å²) < 4.78 is 15.4. The van der Waals surface area contributed by atoms with Gasteiger partial charge in [0.2, 0.25) is 5.91 Å². The van der Waals surface area contributed by atoms with Gasteiger partial charge in [0.1, 0.15) is 11.8 Å². The van der Waals surface area contributed by atoms with Crippen molar-refractivity contribution in [2.75, 3.05) is 21.3 Å². The standard InChI is InChI=1S/C24H33NO6/c1-5-6-7-8-18-17(10-11-20(18)26)15-23(27)25-19(24(28)31-4)13-16-9-12-21(29-2)22(14-16)30-3/h6-7,9,12,14,17-19H,5,8,10-11,13,15H2,1-4H3,(H,25,27)/b7-6-/t17-,18-,19+/m1/s1. The highest BCUT2D eigenvalue weighted by Gasteiger charge is 2.35. The molecule has 1 aliphatic carbocycles. The first kappa shape index (κ1) is 24.4. The monoisotopic (exact) mass is 431 g/mol. The number of allylic oxidation sites excluding steroid dienone is 2. The summed E-state index contributed by atoms with van der Waals surface area (Å²) in [5.41, 5.74) is 0.798. The zero-order valence-corrected chi connectivity index (χ0v) is 18.8. The van der Waals surface area contributed by atoms with E-state index < -0.39 is 12.0 Å². The molecule has 1 saturated carbocycles. The fraction of sp³-hybridized carbons (Fsp3) is 0.542. The molecule has 0 aromatic heterocycles. The molecule has 0 unspecified atom stereocenters. The molecule has 0 bridgehead atoms. The van der Waals surface area contributed by atoms with Crippen molar-refractivity contribution < 1.29 is 28.6 Å². The Morgan fingerprint density at radius 3 is 2.55 bits per heavy atom. The van der Waals surface area contributed by atoms with Crippen molar-refractivity contribution in [3.05, 3.63) is 35.9 Å². The quantitative estimate of drug-likeness (QED) is 0.427. The molecule has 1 aromatic carbocycles. The van der Waals surface area contributed by atoms with Crippen molar-refractivity contribution in [1.82, 2.24) is 5.32 Å². The Morgan fingerprint density at radius 2 is 1.90 bits per heavy atom. The van der Waals surface area contributed by atoms with Gasteiger partial charge in [0.15, 0.2) is 11.5 Å². The number of ether oxygens (including phenoxy) is 3. The maximum absolute atomic E-state index is 12.7. The number of esters is 1. The first-order valence-electron chi connectivity index (χ1n) is 10.7. The Hall–Kier alpha value is -2.83. The van der Waals surface area contributed by atoms with Crippen LogP contribution in [0.15, 0.2) is 30.4 Å². The number of benzene rings is 1. The van der Waals surface area contributed by atoms with Crippen LogP contribution >= 0.6 is 0 Å². The predicted molar refractivity (Wildman–Crippen MR) is 117 cm³/mol. The van der Waals surface area contributed by atoms with Crippen molar-refractivity contribution in [3.63, 3.8) is 0 Å². The van der Waals surface area contributed by atoms with E-state index in [4.69, 9.17) is 14.2 Å². The summed E-state index contributed by atoms with van der Waals surface area (Å²) >= 11 is 0. The number of nitrogens with one attached hydrogen (secondary N) is 1. The Morgan fingerprint density at radius 1 is 1.16 bits per heavy atom. The predicted octanol–water partition coefficient (Wildman–Crippen LogP) is 3.25. The molecule has 0 spiro atoms. The van der Waals surface area contributed by atoms with E-state index in [0.717, 1.165) is 12.0 Å². The van der Waals surface area contributed by atoms with E-state index >= 15 is 0 Å². The average Bonchev–Trinajstić information content (AvgIpc) is 3.11. The van der Waals surface area contributed by atoms with Crippen LogP contribution < -0.4 is 14.8 Å². The van der Waals surface area contributed by atoms with E-state index in [9.17, 15) is 14.4 Å². The molecule has 1 aliphatic rings. The normalized spacial score (nSPS) is 19.3. The lowest BCUT2D eigenvalue weighted by atomic mass is 9.89. The van der Waals surface area contributed by atoms with E-state index in [1.807, 2.05) is 25.1 Å². The fourth-order valence-corrected chi connectivity index (χ4v) is 4.03. The Kier molecular flexibility index (Phi) is 9.56. The van der Waals surface area contributed by atoms with Crippen LogP contribution in [0.4, 0.5) is 0 Å². The molecular formula is C24H33NO6. The zero-order chi connectivity index (χ0) is 22.8. The molecule has 7 nitrogen and oxygen atoms in total. The van der Waals surface area contributed by atoms with Gasteiger partial charge in [-0.05, 0) is 42.9 Å². The summed E-state index contributed by atoms with van der Waals surface area (Å²) in [6, 6.07) is 4.51. The third kappa shape index (κ3) is 6.84. The lowest BCUT2D eigenvalue weighted by molar-refractivity contribution is -0.145. The smallest absolute Gasteiger partial charge is 0.328 e. The van der Waals surface area contributed by atoms with Gasteiger partial charge in [-0.15, -0.1) is 0 Å². The number of hydrogen-bond acceptors (Lipinski definition) is 6. The molecule has 0 saturated heterocycles. The Labute approximate surface area is 184 Å². The Bertz CT molecular complexity index is 803. The van der Waals surface area contributed by atoms with Crippen molar-refractivity contribution in [3.8, 4) is 11.5 Å². The maximum atomic E-state index is 12.7. The van der Waals surface area contributed by atoms with Crippen LogP contribution in [0.2, 0.25) is 0 Å². The third-order valence-electron chi connectivity index (χ3n) is 5.69. The molecule has 1 aromatic rings. The number of methoxy groups -OCH3 is 3. The maximum Gasteiger partial charge on any atom is 0.328 e. The molecule has 31 heavy (non-hydrogen) atoms. The second-order valence-electron chi connectivity index (χ2n) is 7.73. The lowest BCUT2D eigenvalue weighted by Gasteiger charge is -2.20. The summed E-state index contributed by atoms with van der Waals surface area (Å²) in [5.74, 6) is 0.437. The van der Waals surface area contributed by atoms with E-state index in [-0.39, 0.29) is 36.4 Å². The van der Waals surface area contributed by atoms with E-state index in [1.54, 1.807) is 19.2 Å². The molecule has 0 radical (unpaired) electrons. The van der Waals surface area contributed by atoms with Crippen LogP contribution in [-0.4, -0.2) is 45.0 Å². The van der Waals surface area contributed by atoms with Crippen LogP contribution in [0.25, 0.3) is 0 Å². The third-order valence-corrected chi connectivity index (χ3v) is 5.69. The Balaban J connectivity index is 2.05. The average molecular weight is 432 g/mol. The zero-order valence-electron chi connectivity index (χ0n) is 18.8. The molecule has 0 heterocycles. The summed E-state index contributed by atoms with van der Waals surface area (Å²) in [6.45, 7) is 2.04. The van der Waals surface area contributed by atoms with Crippen LogP contribution in [-0.2, 0) is 25.5 Å². The van der Waals surface area contributed by atoms with Crippen LogP contribution in [0.5, 0.6) is 11.5 Å². The van der Waals surface area contributed by atoms with Gasteiger partial charge < -0.3 is 19.5 Å². The van der Waals surface area contributed by atoms with E-state index in [0.29, 0.717) is 30.8 Å². The number of carbonyl (C=O) groups excluding carboxylic acids is 3. The molecule has 7 heteroatoms. The second kappa shape index (κ2) is 12.1. The molecular weight excluding hydrogens is 398 g/mol. The van der Waals surface area contributed by atoms with Crippen molar-refractivity contribution in [1.29, 1.82) is 0 Å². The molecule has 0 aliphatic heterocycles. The summed E-state index contributed by atoms with van der Waals surface area (Å²) in [7, 11) is 4.38. The van der Waals surface area contributed by atoms with Crippen molar-refractivity contribution in [2.24, 2.45) is 11.8 Å². The second-order valence-corrected chi connectivity index (χ2v) is 7.73. The molecule has 1 N–H and O–H groups in total. The molecule has 1 fully saturated rings. The molecule has 2 rings (SSSR count). The minimum atomic E-state index is -0.828. The van der Waals surface area contributed by atoms with Crippen molar-refractivity contribution in [2.45, 2.75) is 51.5 Å². The fourth-order valence-electron chi connectivity index (χ4n) is 4.03. The van der Waals surface area contributed by atoms with Gasteiger partial charge in [0.05, 0.1) is 21.3 Å². The number of amides is 1. The number of hydrogen-bond donors (Lipinski definition) is 1. The van der Waals surface area contributed by atoms with Gasteiger partial charge in [-0.1, -0.05) is 25.1 Å². The summed E-state index contributed by atoms with van der Waals surface area (Å²) in [5, 5.41) is 2.80. The highest BCUT2D eigenvalue weighted by atomic mass is 16.5. The topological polar surface area (TPSA) is 90.9 Å². The minimum Gasteiger partial charge on any atom is -0.493 e. The summed E-state index contributed by atoms with van der Waals surface area (Å²) in [6.07, 6.45) is 7.33. The van der Waals surface area contributed by atoms with Gasteiger partial charge in [-0.25, -0.2) is 4.79 Å². The first-order valence-corrected chi connectivity index (χ1v) is 10.7. The molecule has 1 amide bonds. The number of carbonyl (C=O) groups is 3. The molecule has 170 valence electrons. The lowest BCUT2D eigenvalue weighted by Crippen LogP contribution is -2.43. The van der Waals surface area contributed by atoms with Gasteiger partial charge in [-0.2, -0.15) is 0 Å². The first-order chi connectivity index (χ1) is 14.9. The molecule has 3 atom stereocenters. The van der Waals surface area contributed by atoms with Gasteiger partial charge in [-0.3, -0.25) is 9.59 Å². The van der Waals surface area contributed by atoms with Crippen molar-refractivity contribution >= 4 is 17.7 Å². The van der Waals surface area contributed by atoms with E-state index in [1.165, 1.54) is 14.2 Å². The summed E-state index contributed by atoms with van der Waals surface area (Å²) in [4.78, 5) is 37.3. The number of rotatable bonds is 11. The van der Waals surface area contributed by atoms with Gasteiger partial charge in [0.25, 0.3) is 0 Å². The van der Waals surface area contributed by atoms with Crippen LogP contribution in [0.1, 0.15) is 44.6 Å². The minimum absolute atomic E-state index is 0.00613.